The SMILES string of the molecule is COc1cccc(CCS(N)(=O)=O)c1. The normalized spacial score (nSPS) is 11.3. The largest absolute Gasteiger partial charge is 0.497 e. The highest BCUT2D eigenvalue weighted by Gasteiger charge is 2.03. The van der Waals surface area contributed by atoms with Crippen molar-refractivity contribution in [2.45, 2.75) is 6.42 Å². The van der Waals surface area contributed by atoms with E-state index in [9.17, 15) is 8.42 Å². The van der Waals surface area contributed by atoms with Gasteiger partial charge in [0.25, 0.3) is 0 Å². The Kier molecular flexibility index (Phi) is 3.49. The molecular weight excluding hydrogens is 202 g/mol. The van der Waals surface area contributed by atoms with Gasteiger partial charge in [0.05, 0.1) is 12.9 Å². The highest BCUT2D eigenvalue weighted by Crippen LogP contribution is 2.12. The molecule has 1 aromatic carbocycles. The molecule has 0 fully saturated rings. The lowest BCUT2D eigenvalue weighted by Gasteiger charge is -2.03. The van der Waals surface area contributed by atoms with E-state index in [1.165, 1.54) is 0 Å². The molecule has 5 heteroatoms. The van der Waals surface area contributed by atoms with Gasteiger partial charge in [-0.15, -0.1) is 0 Å². The van der Waals surface area contributed by atoms with Crippen molar-refractivity contribution < 1.29 is 13.2 Å². The number of methoxy groups -OCH3 is 1. The molecule has 0 amide bonds. The summed E-state index contributed by atoms with van der Waals surface area (Å²) < 4.78 is 26.4. The molecule has 0 aliphatic rings. The van der Waals surface area contributed by atoms with Crippen LogP contribution in [-0.2, 0) is 16.4 Å². The van der Waals surface area contributed by atoms with Gasteiger partial charge in [-0.2, -0.15) is 0 Å². The van der Waals surface area contributed by atoms with E-state index < -0.39 is 10.0 Å². The summed E-state index contributed by atoms with van der Waals surface area (Å²) in [7, 11) is -1.81. The maximum absolute atomic E-state index is 10.7. The van der Waals surface area contributed by atoms with Crippen molar-refractivity contribution in [2.24, 2.45) is 5.14 Å². The van der Waals surface area contributed by atoms with Crippen LogP contribution in [0.3, 0.4) is 0 Å². The first-order chi connectivity index (χ1) is 6.51. The minimum Gasteiger partial charge on any atom is -0.497 e. The molecule has 0 spiro atoms. The van der Waals surface area contributed by atoms with Gasteiger partial charge >= 0.3 is 0 Å². The molecule has 0 aromatic heterocycles. The van der Waals surface area contributed by atoms with Crippen LogP contribution in [0.2, 0.25) is 0 Å². The van der Waals surface area contributed by atoms with Crippen molar-refractivity contribution in [1.82, 2.24) is 0 Å². The highest BCUT2D eigenvalue weighted by atomic mass is 32.2. The van der Waals surface area contributed by atoms with Crippen LogP contribution in [0.4, 0.5) is 0 Å². The second-order valence-electron chi connectivity index (χ2n) is 2.97. The molecule has 0 heterocycles. The second kappa shape index (κ2) is 4.43. The topological polar surface area (TPSA) is 69.4 Å². The van der Waals surface area contributed by atoms with Gasteiger partial charge in [-0.1, -0.05) is 12.1 Å². The molecule has 14 heavy (non-hydrogen) atoms. The smallest absolute Gasteiger partial charge is 0.209 e. The maximum Gasteiger partial charge on any atom is 0.209 e. The first-order valence-corrected chi connectivity index (χ1v) is 5.86. The molecule has 0 saturated carbocycles. The molecule has 0 radical (unpaired) electrons. The molecule has 2 N–H and O–H groups in total. The highest BCUT2D eigenvalue weighted by molar-refractivity contribution is 7.89. The number of nitrogens with two attached hydrogens (primary N) is 1. The van der Waals surface area contributed by atoms with Crippen LogP contribution < -0.4 is 9.88 Å². The maximum atomic E-state index is 10.7. The predicted molar refractivity (Wildman–Crippen MR) is 54.7 cm³/mol. The molecule has 0 atom stereocenters. The van der Waals surface area contributed by atoms with E-state index in [0.29, 0.717) is 6.42 Å². The Morgan fingerprint density at radius 2 is 2.14 bits per heavy atom. The number of benzene rings is 1. The summed E-state index contributed by atoms with van der Waals surface area (Å²) in [5, 5.41) is 4.89. The Morgan fingerprint density at radius 3 is 2.71 bits per heavy atom. The fourth-order valence-electron chi connectivity index (χ4n) is 1.09. The molecular formula is C9H13NO3S. The third-order valence-electron chi connectivity index (χ3n) is 1.81. The van der Waals surface area contributed by atoms with E-state index in [2.05, 4.69) is 0 Å². The summed E-state index contributed by atoms with van der Waals surface area (Å²) in [6.45, 7) is 0. The number of rotatable bonds is 4. The van der Waals surface area contributed by atoms with Gasteiger partial charge in [-0.3, -0.25) is 0 Å². The summed E-state index contributed by atoms with van der Waals surface area (Å²) in [5.74, 6) is 0.678. The molecule has 0 unspecified atom stereocenters. The number of aryl methyl sites for hydroxylation is 1. The number of ether oxygens (including phenoxy) is 1. The molecule has 0 aliphatic carbocycles. The standard InChI is InChI=1S/C9H13NO3S/c1-13-9-4-2-3-8(7-9)5-6-14(10,11)12/h2-4,7H,5-6H2,1H3,(H2,10,11,12). The monoisotopic (exact) mass is 215 g/mol. The van der Waals surface area contributed by atoms with E-state index in [0.717, 1.165) is 11.3 Å². The number of primary sulfonamides is 1. The molecule has 78 valence electrons. The summed E-state index contributed by atoms with van der Waals surface area (Å²) in [5.41, 5.74) is 0.901. The Labute approximate surface area is 83.7 Å². The van der Waals surface area contributed by atoms with Crippen molar-refractivity contribution in [3.8, 4) is 5.75 Å². The third kappa shape index (κ3) is 3.76. The number of hydrogen-bond donors (Lipinski definition) is 1. The second-order valence-corrected chi connectivity index (χ2v) is 4.70. The lowest BCUT2D eigenvalue weighted by atomic mass is 10.2. The van der Waals surface area contributed by atoms with Gasteiger partial charge in [0.1, 0.15) is 5.75 Å². The quantitative estimate of drug-likeness (QED) is 0.796. The molecule has 1 rings (SSSR count). The van der Waals surface area contributed by atoms with E-state index in [1.54, 1.807) is 19.2 Å². The zero-order valence-corrected chi connectivity index (χ0v) is 8.75. The van der Waals surface area contributed by atoms with Crippen LogP contribution in [0.15, 0.2) is 24.3 Å². The molecule has 1 aromatic rings. The van der Waals surface area contributed by atoms with E-state index in [-0.39, 0.29) is 5.75 Å². The molecule has 4 nitrogen and oxygen atoms in total. The van der Waals surface area contributed by atoms with E-state index in [1.807, 2.05) is 12.1 Å². The predicted octanol–water partition coefficient (Wildman–Crippen LogP) is 0.526. The fraction of sp³-hybridized carbons (Fsp3) is 0.333. The third-order valence-corrected chi connectivity index (χ3v) is 2.58. The fourth-order valence-corrected chi connectivity index (χ4v) is 1.61. The minimum absolute atomic E-state index is 0.0415. The van der Waals surface area contributed by atoms with E-state index >= 15 is 0 Å². The summed E-state index contributed by atoms with van der Waals surface area (Å²) in [4.78, 5) is 0. The Hall–Kier alpha value is -1.07. The van der Waals surface area contributed by atoms with Crippen LogP contribution in [-0.4, -0.2) is 21.3 Å². The van der Waals surface area contributed by atoms with Gasteiger partial charge in [0.15, 0.2) is 0 Å². The van der Waals surface area contributed by atoms with Crippen molar-refractivity contribution in [3.05, 3.63) is 29.8 Å². The van der Waals surface area contributed by atoms with Gasteiger partial charge in [-0.25, -0.2) is 13.6 Å². The average Bonchev–Trinajstić information content (AvgIpc) is 2.14. The lowest BCUT2D eigenvalue weighted by molar-refractivity contribution is 0.414. The van der Waals surface area contributed by atoms with Gasteiger partial charge in [0.2, 0.25) is 10.0 Å². The van der Waals surface area contributed by atoms with Crippen LogP contribution >= 0.6 is 0 Å². The van der Waals surface area contributed by atoms with Crippen molar-refractivity contribution in [3.63, 3.8) is 0 Å². The van der Waals surface area contributed by atoms with Crippen molar-refractivity contribution in [1.29, 1.82) is 0 Å². The van der Waals surface area contributed by atoms with Crippen molar-refractivity contribution in [2.75, 3.05) is 12.9 Å². The Balaban J connectivity index is 2.68. The zero-order valence-electron chi connectivity index (χ0n) is 7.93. The zero-order chi connectivity index (χ0) is 10.6. The summed E-state index contributed by atoms with van der Waals surface area (Å²) >= 11 is 0. The Bertz CT molecular complexity index is 400. The number of sulfonamides is 1. The van der Waals surface area contributed by atoms with E-state index in [4.69, 9.17) is 9.88 Å². The molecule has 0 saturated heterocycles. The average molecular weight is 215 g/mol. The van der Waals surface area contributed by atoms with Gasteiger partial charge in [-0.05, 0) is 24.1 Å². The summed E-state index contributed by atoms with van der Waals surface area (Å²) in [6.07, 6.45) is 0.413. The minimum atomic E-state index is -3.38. The van der Waals surface area contributed by atoms with Crippen molar-refractivity contribution >= 4 is 10.0 Å². The Morgan fingerprint density at radius 1 is 1.43 bits per heavy atom. The number of hydrogen-bond acceptors (Lipinski definition) is 3. The van der Waals surface area contributed by atoms with Crippen LogP contribution in [0, 0.1) is 0 Å². The van der Waals surface area contributed by atoms with Gasteiger partial charge < -0.3 is 4.74 Å². The van der Waals surface area contributed by atoms with Crippen LogP contribution in [0.25, 0.3) is 0 Å². The molecule has 0 aliphatic heterocycles. The molecule has 0 bridgehead atoms. The summed E-state index contributed by atoms with van der Waals surface area (Å²) in [6, 6.07) is 7.26. The first kappa shape index (κ1) is 11.0. The first-order valence-electron chi connectivity index (χ1n) is 4.15. The van der Waals surface area contributed by atoms with Crippen LogP contribution in [0.1, 0.15) is 5.56 Å². The van der Waals surface area contributed by atoms with Gasteiger partial charge in [0, 0.05) is 0 Å². The lowest BCUT2D eigenvalue weighted by Crippen LogP contribution is -2.17. The van der Waals surface area contributed by atoms with Crippen LogP contribution in [0.5, 0.6) is 5.75 Å².